The second-order valence-corrected chi connectivity index (χ2v) is 3.24. The lowest BCUT2D eigenvalue weighted by Gasteiger charge is -2.21. The number of nitrogens with zero attached hydrogens (tertiary/aromatic N) is 1. The minimum Gasteiger partial charge on any atom is -0.349 e. The molecule has 0 saturated heterocycles. The Morgan fingerprint density at radius 3 is 2.47 bits per heavy atom. The molecule has 0 aliphatic carbocycles. The van der Waals surface area contributed by atoms with Crippen LogP contribution in [0.25, 0.3) is 0 Å². The number of nitriles is 1. The van der Waals surface area contributed by atoms with Crippen LogP contribution in [0.2, 0.25) is 0 Å². The average Bonchev–Trinajstić information content (AvgIpc) is 2.27. The van der Waals surface area contributed by atoms with E-state index in [1.807, 2.05) is 24.3 Å². The molecule has 2 N–H and O–H groups in total. The van der Waals surface area contributed by atoms with Crippen molar-refractivity contribution < 1.29 is 4.79 Å². The van der Waals surface area contributed by atoms with Crippen molar-refractivity contribution >= 4 is 17.3 Å². The molecule has 1 aliphatic heterocycles. The molecule has 0 radical (unpaired) electrons. The van der Waals surface area contributed by atoms with Crippen molar-refractivity contribution in [1.82, 2.24) is 0 Å². The number of nitrogens with one attached hydrogen (secondary N) is 2. The second-order valence-electron chi connectivity index (χ2n) is 3.24. The molecule has 74 valence electrons. The number of para-hydroxylation sites is 2. The van der Waals surface area contributed by atoms with Gasteiger partial charge in [0, 0.05) is 0 Å². The van der Waals surface area contributed by atoms with Crippen LogP contribution in [0.15, 0.2) is 35.5 Å². The SMILES string of the molecule is CC(C#N)=C1Nc2ccccc2NC1=O. The van der Waals surface area contributed by atoms with Crippen LogP contribution >= 0.6 is 0 Å². The van der Waals surface area contributed by atoms with Crippen molar-refractivity contribution in [3.8, 4) is 6.07 Å². The molecule has 1 aromatic carbocycles. The van der Waals surface area contributed by atoms with E-state index < -0.39 is 0 Å². The summed E-state index contributed by atoms with van der Waals surface area (Å²) in [7, 11) is 0. The van der Waals surface area contributed by atoms with Gasteiger partial charge in [-0.15, -0.1) is 0 Å². The van der Waals surface area contributed by atoms with Crippen LogP contribution in [0.4, 0.5) is 11.4 Å². The van der Waals surface area contributed by atoms with Crippen molar-refractivity contribution in [3.63, 3.8) is 0 Å². The Morgan fingerprint density at radius 1 is 1.27 bits per heavy atom. The van der Waals surface area contributed by atoms with Crippen LogP contribution < -0.4 is 10.6 Å². The van der Waals surface area contributed by atoms with Gasteiger partial charge in [0.15, 0.2) is 0 Å². The molecule has 0 aromatic heterocycles. The van der Waals surface area contributed by atoms with Gasteiger partial charge >= 0.3 is 0 Å². The fourth-order valence-corrected chi connectivity index (χ4v) is 1.40. The Hall–Kier alpha value is -2.28. The van der Waals surface area contributed by atoms with E-state index in [2.05, 4.69) is 10.6 Å². The zero-order valence-electron chi connectivity index (χ0n) is 8.16. The number of rotatable bonds is 0. The molecule has 1 amide bonds. The molecule has 0 bridgehead atoms. The number of carbonyl (C=O) groups is 1. The number of fused-ring (bicyclic) bond motifs is 1. The van der Waals surface area contributed by atoms with Gasteiger partial charge in [-0.3, -0.25) is 4.79 Å². The molecule has 1 aromatic rings. The van der Waals surface area contributed by atoms with E-state index in [0.29, 0.717) is 11.3 Å². The Kier molecular flexibility index (Phi) is 2.14. The number of amides is 1. The highest BCUT2D eigenvalue weighted by Crippen LogP contribution is 2.27. The first-order valence-electron chi connectivity index (χ1n) is 4.51. The van der Waals surface area contributed by atoms with E-state index in [-0.39, 0.29) is 5.91 Å². The van der Waals surface area contributed by atoms with Crippen molar-refractivity contribution in [2.45, 2.75) is 6.92 Å². The van der Waals surface area contributed by atoms with Gasteiger partial charge < -0.3 is 10.6 Å². The van der Waals surface area contributed by atoms with Crippen molar-refractivity contribution in [2.24, 2.45) is 0 Å². The number of anilines is 2. The highest BCUT2D eigenvalue weighted by molar-refractivity contribution is 6.11. The van der Waals surface area contributed by atoms with Gasteiger partial charge in [-0.2, -0.15) is 5.26 Å². The summed E-state index contributed by atoms with van der Waals surface area (Å²) in [6, 6.07) is 9.31. The van der Waals surface area contributed by atoms with Crippen molar-refractivity contribution in [3.05, 3.63) is 35.5 Å². The molecule has 15 heavy (non-hydrogen) atoms. The number of carbonyl (C=O) groups excluding carboxylic acids is 1. The smallest absolute Gasteiger partial charge is 0.273 e. The minimum atomic E-state index is -0.271. The van der Waals surface area contributed by atoms with E-state index >= 15 is 0 Å². The predicted octanol–water partition coefficient (Wildman–Crippen LogP) is 1.85. The van der Waals surface area contributed by atoms with Crippen LogP contribution in [0.3, 0.4) is 0 Å². The first kappa shape index (κ1) is 9.28. The maximum Gasteiger partial charge on any atom is 0.273 e. The Bertz CT molecular complexity index is 497. The monoisotopic (exact) mass is 199 g/mol. The average molecular weight is 199 g/mol. The maximum absolute atomic E-state index is 11.6. The van der Waals surface area contributed by atoms with Gasteiger partial charge in [-0.25, -0.2) is 0 Å². The van der Waals surface area contributed by atoms with Crippen LogP contribution in [-0.2, 0) is 4.79 Å². The maximum atomic E-state index is 11.6. The molecule has 4 nitrogen and oxygen atoms in total. The Morgan fingerprint density at radius 2 is 1.87 bits per heavy atom. The lowest BCUT2D eigenvalue weighted by atomic mass is 10.1. The lowest BCUT2D eigenvalue weighted by Crippen LogP contribution is -2.26. The first-order valence-corrected chi connectivity index (χ1v) is 4.51. The van der Waals surface area contributed by atoms with Gasteiger partial charge in [0.2, 0.25) is 0 Å². The van der Waals surface area contributed by atoms with Gasteiger partial charge in [-0.05, 0) is 19.1 Å². The van der Waals surface area contributed by atoms with Crippen molar-refractivity contribution in [2.75, 3.05) is 10.6 Å². The molecule has 0 unspecified atom stereocenters. The highest BCUT2D eigenvalue weighted by Gasteiger charge is 2.20. The van der Waals surface area contributed by atoms with Gasteiger partial charge in [0.1, 0.15) is 5.70 Å². The molecule has 0 fully saturated rings. The van der Waals surface area contributed by atoms with Crippen LogP contribution in [-0.4, -0.2) is 5.91 Å². The molecular weight excluding hydrogens is 190 g/mol. The molecule has 1 heterocycles. The third kappa shape index (κ3) is 1.55. The summed E-state index contributed by atoms with van der Waals surface area (Å²) in [5.74, 6) is -0.271. The molecule has 4 heteroatoms. The molecule has 2 rings (SSSR count). The highest BCUT2D eigenvalue weighted by atomic mass is 16.2. The summed E-state index contributed by atoms with van der Waals surface area (Å²) < 4.78 is 0. The third-order valence-corrected chi connectivity index (χ3v) is 2.20. The van der Waals surface area contributed by atoms with Crippen LogP contribution in [0, 0.1) is 11.3 Å². The van der Waals surface area contributed by atoms with E-state index in [4.69, 9.17) is 5.26 Å². The summed E-state index contributed by atoms with van der Waals surface area (Å²) >= 11 is 0. The number of hydrogen-bond acceptors (Lipinski definition) is 3. The standard InChI is InChI=1S/C11H9N3O/c1-7(6-12)10-11(15)14-9-5-3-2-4-8(9)13-10/h2-5,13H,1H3,(H,14,15). The van der Waals surface area contributed by atoms with E-state index in [1.54, 1.807) is 13.0 Å². The summed E-state index contributed by atoms with van der Waals surface area (Å²) in [5, 5.41) is 14.4. The third-order valence-electron chi connectivity index (χ3n) is 2.20. The fourth-order valence-electron chi connectivity index (χ4n) is 1.40. The quantitative estimate of drug-likeness (QED) is 0.495. The van der Waals surface area contributed by atoms with Gasteiger partial charge in [-0.1, -0.05) is 12.1 Å². The van der Waals surface area contributed by atoms with Crippen LogP contribution in [0.5, 0.6) is 0 Å². The number of allylic oxidation sites excluding steroid dienone is 1. The Balaban J connectivity index is 2.48. The molecule has 0 atom stereocenters. The van der Waals surface area contributed by atoms with Gasteiger partial charge in [0.05, 0.1) is 23.0 Å². The van der Waals surface area contributed by atoms with Crippen LogP contribution in [0.1, 0.15) is 6.92 Å². The molecule has 0 saturated carbocycles. The zero-order chi connectivity index (χ0) is 10.8. The zero-order valence-corrected chi connectivity index (χ0v) is 8.16. The summed E-state index contributed by atoms with van der Waals surface area (Å²) in [4.78, 5) is 11.6. The predicted molar refractivity (Wildman–Crippen MR) is 57.0 cm³/mol. The molecule has 1 aliphatic rings. The number of benzene rings is 1. The second kappa shape index (κ2) is 3.46. The lowest BCUT2D eigenvalue weighted by molar-refractivity contribution is -0.112. The normalized spacial score (nSPS) is 16.9. The topological polar surface area (TPSA) is 64.9 Å². The fraction of sp³-hybridized carbons (Fsp3) is 0.0909. The molecular formula is C11H9N3O. The summed E-state index contributed by atoms with van der Waals surface area (Å²) in [5.41, 5.74) is 2.23. The number of hydrogen-bond donors (Lipinski definition) is 2. The van der Waals surface area contributed by atoms with Gasteiger partial charge in [0.25, 0.3) is 5.91 Å². The van der Waals surface area contributed by atoms with E-state index in [0.717, 1.165) is 11.4 Å². The summed E-state index contributed by atoms with van der Waals surface area (Å²) in [6.07, 6.45) is 0. The van der Waals surface area contributed by atoms with Crippen molar-refractivity contribution in [1.29, 1.82) is 5.26 Å². The van der Waals surface area contributed by atoms with E-state index in [9.17, 15) is 4.79 Å². The summed E-state index contributed by atoms with van der Waals surface area (Å²) in [6.45, 7) is 1.61. The first-order chi connectivity index (χ1) is 7.22. The largest absolute Gasteiger partial charge is 0.349 e. The minimum absolute atomic E-state index is 0.271. The Labute approximate surface area is 87.2 Å². The molecule has 0 spiro atoms. The van der Waals surface area contributed by atoms with E-state index in [1.165, 1.54) is 0 Å².